The molecule has 2 aliphatic carbocycles. The molecular formula is C13H22O2. The first kappa shape index (κ1) is 11.2. The van der Waals surface area contributed by atoms with Gasteiger partial charge < -0.3 is 9.84 Å². The fourth-order valence-electron chi connectivity index (χ4n) is 3.56. The van der Waals surface area contributed by atoms with Crippen LogP contribution < -0.4 is 0 Å². The Kier molecular flexibility index (Phi) is 2.47. The van der Waals surface area contributed by atoms with Crippen LogP contribution in [0, 0.1) is 16.7 Å². The van der Waals surface area contributed by atoms with Crippen molar-refractivity contribution in [2.75, 3.05) is 0 Å². The van der Waals surface area contributed by atoms with Crippen LogP contribution in [0.5, 0.6) is 0 Å². The lowest BCUT2D eigenvalue weighted by Crippen LogP contribution is -2.38. The molecular weight excluding hydrogens is 188 g/mol. The van der Waals surface area contributed by atoms with Crippen LogP contribution in [-0.2, 0) is 4.74 Å². The molecule has 2 fully saturated rings. The van der Waals surface area contributed by atoms with Crippen molar-refractivity contribution in [3.05, 3.63) is 12.7 Å². The second kappa shape index (κ2) is 3.33. The van der Waals surface area contributed by atoms with Gasteiger partial charge in [-0.05, 0) is 42.1 Å². The van der Waals surface area contributed by atoms with Gasteiger partial charge in [0.25, 0.3) is 0 Å². The summed E-state index contributed by atoms with van der Waals surface area (Å²) >= 11 is 0. The molecule has 0 aromatic heterocycles. The van der Waals surface area contributed by atoms with Gasteiger partial charge in [-0.1, -0.05) is 27.4 Å². The fourth-order valence-corrected chi connectivity index (χ4v) is 3.56. The maximum absolute atomic E-state index is 9.49. The van der Waals surface area contributed by atoms with Crippen molar-refractivity contribution in [3.63, 3.8) is 0 Å². The fraction of sp³-hybridized carbons (Fsp3) is 0.846. The molecule has 3 unspecified atom stereocenters. The number of hydrogen-bond acceptors (Lipinski definition) is 2. The highest BCUT2D eigenvalue weighted by Crippen LogP contribution is 2.66. The minimum absolute atomic E-state index is 0.194. The molecule has 2 saturated carbocycles. The van der Waals surface area contributed by atoms with Crippen LogP contribution in [0.15, 0.2) is 12.7 Å². The third-order valence-corrected chi connectivity index (χ3v) is 5.22. The third kappa shape index (κ3) is 1.38. The number of aliphatic hydroxyl groups excluding tert-OH is 1. The summed E-state index contributed by atoms with van der Waals surface area (Å²) in [5.41, 5.74) is 0.570. The second-order valence-corrected chi connectivity index (χ2v) is 5.86. The Morgan fingerprint density at radius 2 is 2.13 bits per heavy atom. The maximum Gasteiger partial charge on any atom is 0.174 e. The Bertz CT molecular complexity index is 272. The van der Waals surface area contributed by atoms with E-state index in [1.54, 1.807) is 0 Å². The van der Waals surface area contributed by atoms with Crippen molar-refractivity contribution in [2.45, 2.75) is 52.4 Å². The molecule has 2 rings (SSSR count). The Balaban J connectivity index is 2.15. The quantitative estimate of drug-likeness (QED) is 0.573. The predicted octanol–water partition coefficient (Wildman–Crippen LogP) is 2.72. The van der Waals surface area contributed by atoms with Crippen LogP contribution in [0.4, 0.5) is 0 Å². The van der Waals surface area contributed by atoms with Gasteiger partial charge in [0, 0.05) is 0 Å². The van der Waals surface area contributed by atoms with Gasteiger partial charge in [0.05, 0.1) is 6.10 Å². The van der Waals surface area contributed by atoms with E-state index in [9.17, 15) is 5.11 Å². The van der Waals surface area contributed by atoms with E-state index >= 15 is 0 Å². The van der Waals surface area contributed by atoms with E-state index in [2.05, 4.69) is 27.4 Å². The molecule has 0 saturated heterocycles. The average molecular weight is 210 g/mol. The molecule has 1 N–H and O–H groups in total. The number of aliphatic hydroxyl groups is 1. The smallest absolute Gasteiger partial charge is 0.174 e. The van der Waals surface area contributed by atoms with Gasteiger partial charge in [-0.3, -0.25) is 0 Å². The molecule has 86 valence electrons. The highest BCUT2D eigenvalue weighted by molar-refractivity contribution is 5.11. The molecule has 0 aromatic carbocycles. The zero-order valence-corrected chi connectivity index (χ0v) is 9.99. The van der Waals surface area contributed by atoms with Gasteiger partial charge in [-0.2, -0.15) is 0 Å². The number of hydrogen-bond donors (Lipinski definition) is 1. The van der Waals surface area contributed by atoms with Crippen LogP contribution in [0.25, 0.3) is 0 Å². The minimum Gasteiger partial charge on any atom is -0.365 e. The van der Waals surface area contributed by atoms with E-state index < -0.39 is 6.29 Å². The Morgan fingerprint density at radius 1 is 1.47 bits per heavy atom. The molecule has 2 heteroatoms. The lowest BCUT2D eigenvalue weighted by molar-refractivity contribution is -0.148. The topological polar surface area (TPSA) is 29.5 Å². The summed E-state index contributed by atoms with van der Waals surface area (Å²) in [4.78, 5) is 0. The summed E-state index contributed by atoms with van der Waals surface area (Å²) in [6.45, 7) is 10.5. The Labute approximate surface area is 92.3 Å². The normalized spacial score (nSPS) is 44.3. The first-order valence-corrected chi connectivity index (χ1v) is 5.88. The summed E-state index contributed by atoms with van der Waals surface area (Å²) in [7, 11) is 0. The monoisotopic (exact) mass is 210 g/mol. The van der Waals surface area contributed by atoms with E-state index in [1.807, 2.05) is 0 Å². The van der Waals surface area contributed by atoms with E-state index in [1.165, 1.54) is 18.9 Å². The van der Waals surface area contributed by atoms with Gasteiger partial charge in [0.15, 0.2) is 6.29 Å². The van der Waals surface area contributed by atoms with Crippen molar-refractivity contribution in [2.24, 2.45) is 16.7 Å². The maximum atomic E-state index is 9.49. The van der Waals surface area contributed by atoms with Crippen molar-refractivity contribution in [1.29, 1.82) is 0 Å². The summed E-state index contributed by atoms with van der Waals surface area (Å²) < 4.78 is 5.67. The number of ether oxygens (including phenoxy) is 1. The van der Waals surface area contributed by atoms with Crippen LogP contribution in [0.3, 0.4) is 0 Å². The van der Waals surface area contributed by atoms with E-state index in [0.717, 1.165) is 12.3 Å². The molecule has 15 heavy (non-hydrogen) atoms. The molecule has 2 nitrogen and oxygen atoms in total. The average Bonchev–Trinajstić information content (AvgIpc) is 2.50. The van der Waals surface area contributed by atoms with Crippen molar-refractivity contribution in [3.8, 4) is 0 Å². The molecule has 0 heterocycles. The standard InChI is InChI=1S/C13H22O2/c1-5-11(14)15-10-8-9-6-7-13(10,4)12(9,2)3/h5,9-11,14H,1,6-8H2,2-4H3/t9?,10?,11?,13-/m0/s1. The Morgan fingerprint density at radius 3 is 2.53 bits per heavy atom. The number of fused-ring (bicyclic) bond motifs is 2. The van der Waals surface area contributed by atoms with Crippen molar-refractivity contribution in [1.82, 2.24) is 0 Å². The highest BCUT2D eigenvalue weighted by atomic mass is 16.6. The van der Waals surface area contributed by atoms with E-state index in [0.29, 0.717) is 5.41 Å². The summed E-state index contributed by atoms with van der Waals surface area (Å²) in [5.74, 6) is 0.754. The van der Waals surface area contributed by atoms with Crippen LogP contribution in [-0.4, -0.2) is 17.5 Å². The van der Waals surface area contributed by atoms with Crippen molar-refractivity contribution < 1.29 is 9.84 Å². The van der Waals surface area contributed by atoms with Crippen LogP contribution >= 0.6 is 0 Å². The van der Waals surface area contributed by atoms with Crippen LogP contribution in [0.2, 0.25) is 0 Å². The molecule has 2 aliphatic rings. The third-order valence-electron chi connectivity index (χ3n) is 5.22. The lowest BCUT2D eigenvalue weighted by Gasteiger charge is -2.39. The van der Waals surface area contributed by atoms with Gasteiger partial charge in [-0.15, -0.1) is 0 Å². The summed E-state index contributed by atoms with van der Waals surface area (Å²) in [5, 5.41) is 9.49. The molecule has 0 amide bonds. The van der Waals surface area contributed by atoms with Gasteiger partial charge in [0.2, 0.25) is 0 Å². The molecule has 0 spiro atoms. The minimum atomic E-state index is -0.804. The van der Waals surface area contributed by atoms with E-state index in [-0.39, 0.29) is 11.5 Å². The first-order chi connectivity index (χ1) is 6.91. The predicted molar refractivity (Wildman–Crippen MR) is 60.3 cm³/mol. The number of rotatable bonds is 3. The van der Waals surface area contributed by atoms with Gasteiger partial charge >= 0.3 is 0 Å². The molecule has 0 radical (unpaired) electrons. The Hall–Kier alpha value is -0.340. The molecule has 0 aromatic rings. The largest absolute Gasteiger partial charge is 0.365 e. The zero-order valence-electron chi connectivity index (χ0n) is 9.99. The summed E-state index contributed by atoms with van der Waals surface area (Å²) in [6.07, 6.45) is 4.48. The van der Waals surface area contributed by atoms with E-state index in [4.69, 9.17) is 4.74 Å². The zero-order chi connectivity index (χ0) is 11.3. The lowest BCUT2D eigenvalue weighted by atomic mass is 9.70. The first-order valence-electron chi connectivity index (χ1n) is 5.88. The highest BCUT2D eigenvalue weighted by Gasteiger charge is 2.62. The van der Waals surface area contributed by atoms with Gasteiger partial charge in [-0.25, -0.2) is 0 Å². The van der Waals surface area contributed by atoms with Crippen molar-refractivity contribution >= 4 is 0 Å². The molecule has 2 bridgehead atoms. The van der Waals surface area contributed by atoms with Gasteiger partial charge in [0.1, 0.15) is 0 Å². The SMILES string of the molecule is C=CC(O)OC1CC2CC[C@]1(C)C2(C)C. The molecule has 0 aliphatic heterocycles. The summed E-state index contributed by atoms with van der Waals surface area (Å²) in [6, 6.07) is 0. The second-order valence-electron chi connectivity index (χ2n) is 5.86. The molecule has 4 atom stereocenters. The van der Waals surface area contributed by atoms with Crippen LogP contribution in [0.1, 0.15) is 40.0 Å².